The molecule has 0 saturated heterocycles. The van der Waals surface area contributed by atoms with Gasteiger partial charge in [0, 0.05) is 22.7 Å². The van der Waals surface area contributed by atoms with Crippen molar-refractivity contribution in [3.05, 3.63) is 30.0 Å². The summed E-state index contributed by atoms with van der Waals surface area (Å²) < 4.78 is 28.8. The van der Waals surface area contributed by atoms with Crippen LogP contribution in [0.4, 0.5) is 14.5 Å². The zero-order valence-electron chi connectivity index (χ0n) is 11.0. The molecule has 1 aromatic heterocycles. The zero-order valence-corrected chi connectivity index (χ0v) is 11.0. The molecular weight excluding hydrogens is 262 g/mol. The lowest BCUT2D eigenvalue weighted by molar-refractivity contribution is -0.0497. The number of hydrogen-bond acceptors (Lipinski definition) is 3. The minimum Gasteiger partial charge on any atom is -0.435 e. The molecule has 20 heavy (non-hydrogen) atoms. The summed E-state index contributed by atoms with van der Waals surface area (Å²) in [5.74, 6) is 0.577. The van der Waals surface area contributed by atoms with Crippen LogP contribution in [0.2, 0.25) is 0 Å². The number of pyridine rings is 1. The van der Waals surface area contributed by atoms with Gasteiger partial charge in [0.15, 0.2) is 0 Å². The summed E-state index contributed by atoms with van der Waals surface area (Å²) in [4.78, 5) is 4.62. The van der Waals surface area contributed by atoms with Gasteiger partial charge in [-0.05, 0) is 37.1 Å². The molecule has 1 fully saturated rings. The second-order valence-electron chi connectivity index (χ2n) is 5.18. The summed E-state index contributed by atoms with van der Waals surface area (Å²) in [5, 5.41) is 0.657. The Morgan fingerprint density at radius 1 is 1.20 bits per heavy atom. The monoisotopic (exact) mass is 278 g/mol. The predicted molar refractivity (Wildman–Crippen MR) is 74.0 cm³/mol. The number of nitrogens with zero attached hydrogens (tertiary/aromatic N) is 1. The van der Waals surface area contributed by atoms with E-state index in [0.29, 0.717) is 17.0 Å². The third-order valence-electron chi connectivity index (χ3n) is 3.83. The van der Waals surface area contributed by atoms with Gasteiger partial charge in [-0.25, -0.2) is 0 Å². The van der Waals surface area contributed by atoms with E-state index < -0.39 is 6.61 Å². The normalized spacial score (nSPS) is 16.1. The number of ether oxygens (including phenoxy) is 1. The fraction of sp³-hybridized carbons (Fsp3) is 0.400. The quantitative estimate of drug-likeness (QED) is 0.920. The topological polar surface area (TPSA) is 48.1 Å². The van der Waals surface area contributed by atoms with E-state index in [1.165, 1.54) is 25.0 Å². The molecule has 1 aromatic carbocycles. The van der Waals surface area contributed by atoms with Crippen LogP contribution in [0.3, 0.4) is 0 Å². The van der Waals surface area contributed by atoms with Crippen molar-refractivity contribution < 1.29 is 13.5 Å². The predicted octanol–water partition coefficient (Wildman–Crippen LogP) is 4.08. The van der Waals surface area contributed by atoms with Crippen molar-refractivity contribution in [2.75, 3.05) is 5.73 Å². The molecule has 5 heteroatoms. The summed E-state index contributed by atoms with van der Waals surface area (Å²) in [6, 6.07) is 6.56. The first-order valence-electron chi connectivity index (χ1n) is 6.78. The number of benzene rings is 1. The molecule has 0 unspecified atom stereocenters. The highest BCUT2D eigenvalue weighted by atomic mass is 19.3. The minimum absolute atomic E-state index is 0.106. The molecule has 3 rings (SSSR count). The van der Waals surface area contributed by atoms with Gasteiger partial charge in [-0.3, -0.25) is 4.98 Å². The van der Waals surface area contributed by atoms with Crippen molar-refractivity contribution in [3.8, 4) is 5.75 Å². The van der Waals surface area contributed by atoms with E-state index in [9.17, 15) is 8.78 Å². The maximum Gasteiger partial charge on any atom is 0.387 e. The second kappa shape index (κ2) is 5.23. The van der Waals surface area contributed by atoms with Gasteiger partial charge in [0.25, 0.3) is 0 Å². The lowest BCUT2D eigenvalue weighted by atomic mass is 10.0. The molecule has 0 spiro atoms. The highest BCUT2D eigenvalue weighted by Gasteiger charge is 2.19. The molecule has 0 aliphatic heterocycles. The smallest absolute Gasteiger partial charge is 0.387 e. The van der Waals surface area contributed by atoms with E-state index >= 15 is 0 Å². The van der Waals surface area contributed by atoms with Crippen LogP contribution in [0, 0.1) is 0 Å². The average Bonchev–Trinajstić information content (AvgIpc) is 2.92. The molecule has 2 N–H and O–H groups in total. The van der Waals surface area contributed by atoms with E-state index in [0.717, 1.165) is 24.1 Å². The molecule has 1 saturated carbocycles. The molecule has 1 aliphatic carbocycles. The summed E-state index contributed by atoms with van der Waals surface area (Å²) in [6.45, 7) is -2.83. The number of hydrogen-bond donors (Lipinski definition) is 1. The molecule has 0 amide bonds. The maximum atomic E-state index is 12.2. The van der Waals surface area contributed by atoms with E-state index in [2.05, 4.69) is 9.72 Å². The largest absolute Gasteiger partial charge is 0.435 e. The van der Waals surface area contributed by atoms with E-state index in [1.54, 1.807) is 6.07 Å². The number of rotatable bonds is 3. The van der Waals surface area contributed by atoms with Gasteiger partial charge in [0.05, 0.1) is 5.52 Å². The Bertz CT molecular complexity index is 625. The van der Waals surface area contributed by atoms with Crippen molar-refractivity contribution in [2.24, 2.45) is 0 Å². The SMILES string of the molecule is Nc1cc(C2CCCC2)nc2ccc(OC(F)F)cc12. The zero-order chi connectivity index (χ0) is 14.1. The van der Waals surface area contributed by atoms with Crippen LogP contribution < -0.4 is 10.5 Å². The Morgan fingerprint density at radius 2 is 1.95 bits per heavy atom. The van der Waals surface area contributed by atoms with Gasteiger partial charge >= 0.3 is 6.61 Å². The van der Waals surface area contributed by atoms with Gasteiger partial charge in [0.1, 0.15) is 5.75 Å². The molecule has 2 aromatic rings. The van der Waals surface area contributed by atoms with Crippen LogP contribution in [0.1, 0.15) is 37.3 Å². The van der Waals surface area contributed by atoms with Crippen LogP contribution >= 0.6 is 0 Å². The Labute approximate surface area is 115 Å². The summed E-state index contributed by atoms with van der Waals surface area (Å²) >= 11 is 0. The first-order chi connectivity index (χ1) is 9.63. The Hall–Kier alpha value is -1.91. The fourth-order valence-electron chi connectivity index (χ4n) is 2.86. The van der Waals surface area contributed by atoms with Crippen LogP contribution in [0.25, 0.3) is 10.9 Å². The van der Waals surface area contributed by atoms with E-state index in [4.69, 9.17) is 5.73 Å². The van der Waals surface area contributed by atoms with Crippen LogP contribution in [-0.4, -0.2) is 11.6 Å². The molecular formula is C15H16F2N2O. The second-order valence-corrected chi connectivity index (χ2v) is 5.18. The number of nitrogens with two attached hydrogens (primary N) is 1. The highest BCUT2D eigenvalue weighted by Crippen LogP contribution is 2.36. The maximum absolute atomic E-state index is 12.2. The van der Waals surface area contributed by atoms with Crippen LogP contribution in [0.5, 0.6) is 5.75 Å². The van der Waals surface area contributed by atoms with Gasteiger partial charge in [-0.15, -0.1) is 0 Å². The third-order valence-corrected chi connectivity index (χ3v) is 3.83. The molecule has 106 valence electrons. The summed E-state index contributed by atoms with van der Waals surface area (Å²) in [7, 11) is 0. The third kappa shape index (κ3) is 2.53. The number of anilines is 1. The van der Waals surface area contributed by atoms with Crippen molar-refractivity contribution in [3.63, 3.8) is 0 Å². The first-order valence-corrected chi connectivity index (χ1v) is 6.78. The first kappa shape index (κ1) is 13.1. The van der Waals surface area contributed by atoms with Gasteiger partial charge < -0.3 is 10.5 Å². The van der Waals surface area contributed by atoms with E-state index in [-0.39, 0.29) is 5.75 Å². The number of aromatic nitrogens is 1. The molecule has 0 radical (unpaired) electrons. The number of nitrogen functional groups attached to an aromatic ring is 1. The van der Waals surface area contributed by atoms with Crippen LogP contribution in [0.15, 0.2) is 24.3 Å². The van der Waals surface area contributed by atoms with Gasteiger partial charge in [-0.2, -0.15) is 8.78 Å². The van der Waals surface area contributed by atoms with E-state index in [1.807, 2.05) is 6.07 Å². The lowest BCUT2D eigenvalue weighted by Gasteiger charge is -2.12. The molecule has 3 nitrogen and oxygen atoms in total. The van der Waals surface area contributed by atoms with Crippen molar-refractivity contribution in [2.45, 2.75) is 38.2 Å². The number of alkyl halides is 2. The van der Waals surface area contributed by atoms with Crippen molar-refractivity contribution >= 4 is 16.6 Å². The average molecular weight is 278 g/mol. The lowest BCUT2D eigenvalue weighted by Crippen LogP contribution is -2.03. The summed E-state index contributed by atoms with van der Waals surface area (Å²) in [5.41, 5.74) is 8.35. The van der Waals surface area contributed by atoms with Gasteiger partial charge in [0.2, 0.25) is 0 Å². The highest BCUT2D eigenvalue weighted by molar-refractivity contribution is 5.91. The van der Waals surface area contributed by atoms with Crippen molar-refractivity contribution in [1.82, 2.24) is 4.98 Å². The fourth-order valence-corrected chi connectivity index (χ4v) is 2.86. The Kier molecular flexibility index (Phi) is 3.42. The number of halogens is 2. The van der Waals surface area contributed by atoms with Crippen molar-refractivity contribution in [1.29, 1.82) is 0 Å². The van der Waals surface area contributed by atoms with Crippen LogP contribution in [-0.2, 0) is 0 Å². The minimum atomic E-state index is -2.83. The number of fused-ring (bicyclic) bond motifs is 1. The molecule has 0 bridgehead atoms. The molecule has 0 atom stereocenters. The summed E-state index contributed by atoms with van der Waals surface area (Å²) in [6.07, 6.45) is 4.74. The Morgan fingerprint density at radius 3 is 2.65 bits per heavy atom. The Balaban J connectivity index is 2.00. The molecule has 1 heterocycles. The molecule has 1 aliphatic rings. The standard InChI is InChI=1S/C15H16F2N2O/c16-15(17)20-10-5-6-13-11(7-10)12(18)8-14(19-13)9-3-1-2-4-9/h5-9,15H,1-4H2,(H2,18,19). The van der Waals surface area contributed by atoms with Gasteiger partial charge in [-0.1, -0.05) is 12.8 Å².